The molecule has 1 fully saturated rings. The van der Waals surface area contributed by atoms with Crippen LogP contribution in [0.3, 0.4) is 0 Å². The maximum atomic E-state index is 12.1. The molecule has 0 aliphatic carbocycles. The summed E-state index contributed by atoms with van der Waals surface area (Å²) >= 11 is 0. The molecule has 6 nitrogen and oxygen atoms in total. The van der Waals surface area contributed by atoms with Crippen LogP contribution in [0.25, 0.3) is 0 Å². The first-order chi connectivity index (χ1) is 8.95. The summed E-state index contributed by atoms with van der Waals surface area (Å²) in [4.78, 5) is 25.4. The first-order valence-electron chi connectivity index (χ1n) is 6.79. The van der Waals surface area contributed by atoms with Gasteiger partial charge in [0.25, 0.3) is 0 Å². The van der Waals surface area contributed by atoms with Crippen LogP contribution in [0.1, 0.15) is 26.7 Å². The van der Waals surface area contributed by atoms with Crippen LogP contribution in [0, 0.1) is 5.92 Å². The second kappa shape index (κ2) is 7.45. The predicted octanol–water partition coefficient (Wildman–Crippen LogP) is -0.277. The molecule has 1 saturated heterocycles. The number of nitrogens with one attached hydrogen (secondary N) is 1. The highest BCUT2D eigenvalue weighted by Crippen LogP contribution is 2.12. The van der Waals surface area contributed by atoms with Crippen molar-refractivity contribution < 1.29 is 14.3 Å². The highest BCUT2D eigenvalue weighted by Gasteiger charge is 2.28. The third-order valence-corrected chi connectivity index (χ3v) is 3.27. The highest BCUT2D eigenvalue weighted by atomic mass is 16.5. The third kappa shape index (κ3) is 4.80. The number of methoxy groups -OCH3 is 1. The van der Waals surface area contributed by atoms with Gasteiger partial charge in [-0.05, 0) is 12.8 Å². The second-order valence-electron chi connectivity index (χ2n) is 5.35. The summed E-state index contributed by atoms with van der Waals surface area (Å²) in [6.07, 6.45) is 1.79. The molecule has 0 aromatic heterocycles. The van der Waals surface area contributed by atoms with Crippen molar-refractivity contribution in [2.75, 3.05) is 26.8 Å². The van der Waals surface area contributed by atoms with Gasteiger partial charge in [0, 0.05) is 32.2 Å². The molecule has 1 rings (SSSR count). The van der Waals surface area contributed by atoms with Crippen LogP contribution in [0.15, 0.2) is 0 Å². The molecule has 19 heavy (non-hydrogen) atoms. The van der Waals surface area contributed by atoms with Crippen LogP contribution in [0.2, 0.25) is 0 Å². The lowest BCUT2D eigenvalue weighted by atomic mass is 10.0. The Bertz CT molecular complexity index is 320. The lowest BCUT2D eigenvalue weighted by Crippen LogP contribution is -2.54. The summed E-state index contributed by atoms with van der Waals surface area (Å²) in [5, 5.41) is 2.97. The number of ether oxygens (including phenoxy) is 1. The van der Waals surface area contributed by atoms with Crippen LogP contribution < -0.4 is 11.1 Å². The third-order valence-electron chi connectivity index (χ3n) is 3.27. The molecular weight excluding hydrogens is 246 g/mol. The highest BCUT2D eigenvalue weighted by molar-refractivity contribution is 5.82. The molecule has 3 N–H and O–H groups in total. The maximum Gasteiger partial charge on any atom is 0.241 e. The maximum absolute atomic E-state index is 12.1. The average Bonchev–Trinajstić information content (AvgIpc) is 2.38. The molecule has 2 atom stereocenters. The Morgan fingerprint density at radius 3 is 2.74 bits per heavy atom. The number of hydrogen-bond acceptors (Lipinski definition) is 4. The molecule has 0 aromatic rings. The number of carbonyl (C=O) groups is 2. The topological polar surface area (TPSA) is 84.7 Å². The number of likely N-dealkylation sites (tertiary alicyclic amines) is 1. The molecule has 1 aliphatic rings. The summed E-state index contributed by atoms with van der Waals surface area (Å²) in [7, 11) is 1.52. The van der Waals surface area contributed by atoms with E-state index < -0.39 is 6.04 Å². The number of hydrogen-bond donors (Lipinski definition) is 2. The number of nitrogens with two attached hydrogens (primary N) is 1. The first kappa shape index (κ1) is 15.9. The number of carbonyl (C=O) groups excluding carboxylic acids is 2. The van der Waals surface area contributed by atoms with E-state index in [0.717, 1.165) is 12.8 Å². The Hall–Kier alpha value is -1.14. The van der Waals surface area contributed by atoms with Crippen LogP contribution in [-0.4, -0.2) is 55.6 Å². The van der Waals surface area contributed by atoms with Crippen molar-refractivity contribution in [3.05, 3.63) is 0 Å². The van der Waals surface area contributed by atoms with Gasteiger partial charge in [0.15, 0.2) is 0 Å². The van der Waals surface area contributed by atoms with E-state index in [-0.39, 0.29) is 30.4 Å². The summed E-state index contributed by atoms with van der Waals surface area (Å²) in [5.74, 6) is -0.118. The fourth-order valence-electron chi connectivity index (χ4n) is 2.15. The number of rotatable bonds is 5. The monoisotopic (exact) mass is 271 g/mol. The van der Waals surface area contributed by atoms with Gasteiger partial charge in [-0.1, -0.05) is 13.8 Å². The average molecular weight is 271 g/mol. The minimum absolute atomic E-state index is 0.0282. The number of nitrogens with zero attached hydrogens (tertiary/aromatic N) is 1. The Kier molecular flexibility index (Phi) is 6.24. The summed E-state index contributed by atoms with van der Waals surface area (Å²) < 4.78 is 4.90. The van der Waals surface area contributed by atoms with Gasteiger partial charge in [-0.2, -0.15) is 0 Å². The fraction of sp³-hybridized carbons (Fsp3) is 0.846. The molecule has 6 heteroatoms. The Morgan fingerprint density at radius 1 is 1.47 bits per heavy atom. The molecule has 0 radical (unpaired) electrons. The van der Waals surface area contributed by atoms with Crippen molar-refractivity contribution in [3.8, 4) is 0 Å². The fourth-order valence-corrected chi connectivity index (χ4v) is 2.15. The van der Waals surface area contributed by atoms with Crippen molar-refractivity contribution in [1.29, 1.82) is 0 Å². The van der Waals surface area contributed by atoms with Crippen molar-refractivity contribution in [2.24, 2.45) is 11.7 Å². The van der Waals surface area contributed by atoms with Crippen molar-refractivity contribution >= 4 is 11.8 Å². The van der Waals surface area contributed by atoms with E-state index in [1.54, 1.807) is 4.90 Å². The second-order valence-corrected chi connectivity index (χ2v) is 5.35. The molecule has 0 spiro atoms. The van der Waals surface area contributed by atoms with Gasteiger partial charge in [0.2, 0.25) is 11.8 Å². The standard InChI is InChI=1S/C13H25N3O3/c1-9(2)12(17)15-10-5-4-6-16(7-10)13(18)11(14)8-19-3/h9-11H,4-8,14H2,1-3H3,(H,15,17). The smallest absolute Gasteiger partial charge is 0.241 e. The minimum Gasteiger partial charge on any atom is -0.383 e. The van der Waals surface area contributed by atoms with Gasteiger partial charge in [0.05, 0.1) is 6.61 Å². The molecule has 0 bridgehead atoms. The summed E-state index contributed by atoms with van der Waals surface area (Å²) in [6.45, 7) is 5.17. The zero-order valence-corrected chi connectivity index (χ0v) is 12.0. The van der Waals surface area contributed by atoms with E-state index in [1.807, 2.05) is 13.8 Å². The normalized spacial score (nSPS) is 21.3. The van der Waals surface area contributed by atoms with Gasteiger partial charge >= 0.3 is 0 Å². The van der Waals surface area contributed by atoms with E-state index in [1.165, 1.54) is 7.11 Å². The van der Waals surface area contributed by atoms with Gasteiger partial charge in [-0.15, -0.1) is 0 Å². The van der Waals surface area contributed by atoms with E-state index in [0.29, 0.717) is 13.1 Å². The van der Waals surface area contributed by atoms with Crippen molar-refractivity contribution in [3.63, 3.8) is 0 Å². The molecule has 1 aliphatic heterocycles. The van der Waals surface area contributed by atoms with Crippen molar-refractivity contribution in [2.45, 2.75) is 38.8 Å². The van der Waals surface area contributed by atoms with Gasteiger partial charge in [0.1, 0.15) is 6.04 Å². The van der Waals surface area contributed by atoms with Crippen LogP contribution >= 0.6 is 0 Å². The van der Waals surface area contributed by atoms with Crippen molar-refractivity contribution in [1.82, 2.24) is 10.2 Å². The van der Waals surface area contributed by atoms with Crippen LogP contribution in [0.4, 0.5) is 0 Å². The van der Waals surface area contributed by atoms with E-state index in [4.69, 9.17) is 10.5 Å². The Balaban J connectivity index is 2.50. The molecule has 0 saturated carbocycles. The Morgan fingerprint density at radius 2 is 2.16 bits per heavy atom. The van der Waals surface area contributed by atoms with Gasteiger partial charge in [-0.25, -0.2) is 0 Å². The van der Waals surface area contributed by atoms with E-state index >= 15 is 0 Å². The molecule has 110 valence electrons. The number of piperidine rings is 1. The van der Waals surface area contributed by atoms with Gasteiger partial charge in [-0.3, -0.25) is 9.59 Å². The molecular formula is C13H25N3O3. The SMILES string of the molecule is COCC(N)C(=O)N1CCCC(NC(=O)C(C)C)C1. The number of amides is 2. The molecule has 2 amide bonds. The lowest BCUT2D eigenvalue weighted by molar-refractivity contribution is -0.136. The summed E-state index contributed by atoms with van der Waals surface area (Å²) in [5.41, 5.74) is 5.75. The molecule has 1 heterocycles. The zero-order valence-electron chi connectivity index (χ0n) is 12.0. The minimum atomic E-state index is -0.621. The van der Waals surface area contributed by atoms with E-state index in [9.17, 15) is 9.59 Å². The quantitative estimate of drug-likeness (QED) is 0.720. The van der Waals surface area contributed by atoms with Crippen LogP contribution in [0.5, 0.6) is 0 Å². The summed E-state index contributed by atoms with van der Waals surface area (Å²) in [6, 6.07) is -0.591. The first-order valence-corrected chi connectivity index (χ1v) is 6.79. The molecule has 2 unspecified atom stereocenters. The largest absolute Gasteiger partial charge is 0.383 e. The zero-order chi connectivity index (χ0) is 14.4. The molecule has 0 aromatic carbocycles. The van der Waals surface area contributed by atoms with Gasteiger partial charge < -0.3 is 20.7 Å². The Labute approximate surface area is 114 Å². The predicted molar refractivity (Wildman–Crippen MR) is 72.4 cm³/mol. The van der Waals surface area contributed by atoms with E-state index in [2.05, 4.69) is 5.32 Å². The van der Waals surface area contributed by atoms with Crippen LogP contribution in [-0.2, 0) is 14.3 Å². The lowest BCUT2D eigenvalue weighted by Gasteiger charge is -2.34.